The molecule has 1 aromatic carbocycles. The van der Waals surface area contributed by atoms with E-state index in [-0.39, 0.29) is 11.1 Å². The maximum atomic E-state index is 11.0. The third kappa shape index (κ3) is 3.20. The van der Waals surface area contributed by atoms with Gasteiger partial charge in [-0.25, -0.2) is 9.59 Å². The molecule has 0 radical (unpaired) electrons. The van der Waals surface area contributed by atoms with E-state index in [4.69, 9.17) is 21.8 Å². The maximum absolute atomic E-state index is 11.0. The van der Waals surface area contributed by atoms with Crippen LogP contribution < -0.4 is 0 Å². The van der Waals surface area contributed by atoms with Gasteiger partial charge in [0.05, 0.1) is 11.1 Å². The third-order valence-electron chi connectivity index (χ3n) is 2.49. The fraction of sp³-hybridized carbons (Fsp3) is 0.333. The third-order valence-corrected chi connectivity index (χ3v) is 2.76. The molecule has 0 aromatic heterocycles. The number of aryl methyl sites for hydroxylation is 2. The minimum absolute atomic E-state index is 0.0250. The lowest BCUT2D eigenvalue weighted by atomic mass is 9.96. The molecule has 92 valence electrons. The van der Waals surface area contributed by atoms with Crippen molar-refractivity contribution in [3.8, 4) is 0 Å². The van der Waals surface area contributed by atoms with Crippen molar-refractivity contribution in [3.05, 3.63) is 34.4 Å². The van der Waals surface area contributed by atoms with E-state index in [0.29, 0.717) is 29.8 Å². The summed E-state index contributed by atoms with van der Waals surface area (Å²) in [6.45, 7) is 1.65. The second-order valence-electron chi connectivity index (χ2n) is 3.73. The van der Waals surface area contributed by atoms with Crippen molar-refractivity contribution in [1.82, 2.24) is 0 Å². The number of rotatable bonds is 5. The van der Waals surface area contributed by atoms with Gasteiger partial charge in [0, 0.05) is 5.88 Å². The molecule has 0 saturated carbocycles. The number of hydrogen-bond donors (Lipinski definition) is 2. The van der Waals surface area contributed by atoms with E-state index in [1.54, 1.807) is 13.0 Å². The van der Waals surface area contributed by atoms with E-state index in [9.17, 15) is 9.59 Å². The molecule has 5 heteroatoms. The first-order chi connectivity index (χ1) is 7.97. The van der Waals surface area contributed by atoms with Crippen LogP contribution in [-0.4, -0.2) is 28.0 Å². The first-order valence-electron chi connectivity index (χ1n) is 5.13. The van der Waals surface area contributed by atoms with Gasteiger partial charge in [0.15, 0.2) is 0 Å². The minimum Gasteiger partial charge on any atom is -0.478 e. The van der Waals surface area contributed by atoms with Gasteiger partial charge < -0.3 is 10.2 Å². The highest BCUT2D eigenvalue weighted by atomic mass is 35.5. The van der Waals surface area contributed by atoms with Crippen molar-refractivity contribution in [2.75, 3.05) is 5.88 Å². The lowest BCUT2D eigenvalue weighted by molar-refractivity contribution is 0.0695. The molecular formula is C12H13ClO4. The molecule has 1 aromatic rings. The summed E-state index contributed by atoms with van der Waals surface area (Å²) in [4.78, 5) is 22.0. The molecule has 0 saturated heterocycles. The Kier molecular flexibility index (Phi) is 4.52. The molecule has 0 aliphatic rings. The largest absolute Gasteiger partial charge is 0.478 e. The second kappa shape index (κ2) is 5.68. The number of alkyl halides is 1. The quantitative estimate of drug-likeness (QED) is 0.794. The summed E-state index contributed by atoms with van der Waals surface area (Å²) in [6.07, 6.45) is 1.19. The average molecular weight is 257 g/mol. The van der Waals surface area contributed by atoms with Crippen molar-refractivity contribution in [2.24, 2.45) is 0 Å². The van der Waals surface area contributed by atoms with Crippen molar-refractivity contribution < 1.29 is 19.8 Å². The Hall–Kier alpha value is -1.55. The van der Waals surface area contributed by atoms with Crippen LogP contribution in [0.5, 0.6) is 0 Å². The molecule has 0 amide bonds. The monoisotopic (exact) mass is 256 g/mol. The van der Waals surface area contributed by atoms with Crippen molar-refractivity contribution in [2.45, 2.75) is 19.8 Å². The van der Waals surface area contributed by atoms with Crippen LogP contribution in [0.2, 0.25) is 0 Å². The lowest BCUT2D eigenvalue weighted by Gasteiger charge is -2.09. The van der Waals surface area contributed by atoms with Gasteiger partial charge in [0.2, 0.25) is 0 Å². The van der Waals surface area contributed by atoms with Gasteiger partial charge in [0.1, 0.15) is 0 Å². The minimum atomic E-state index is -1.12. The number of carbonyl (C=O) groups is 2. The Labute approximate surface area is 104 Å². The van der Waals surface area contributed by atoms with E-state index >= 15 is 0 Å². The molecule has 17 heavy (non-hydrogen) atoms. The summed E-state index contributed by atoms with van der Waals surface area (Å²) >= 11 is 5.56. The highest BCUT2D eigenvalue weighted by molar-refractivity contribution is 6.17. The molecule has 0 spiro atoms. The molecule has 0 bridgehead atoms. The molecule has 0 heterocycles. The topological polar surface area (TPSA) is 74.6 Å². The zero-order valence-corrected chi connectivity index (χ0v) is 10.1. The van der Waals surface area contributed by atoms with Crippen LogP contribution in [0, 0.1) is 6.92 Å². The van der Waals surface area contributed by atoms with Gasteiger partial charge in [-0.3, -0.25) is 0 Å². The first-order valence-corrected chi connectivity index (χ1v) is 5.67. The first kappa shape index (κ1) is 13.5. The Balaban J connectivity index is 3.25. The van der Waals surface area contributed by atoms with Crippen LogP contribution >= 0.6 is 11.6 Å². The molecule has 0 aliphatic carbocycles. The Morgan fingerprint density at radius 2 is 1.76 bits per heavy atom. The molecule has 1 rings (SSSR count). The second-order valence-corrected chi connectivity index (χ2v) is 4.11. The van der Waals surface area contributed by atoms with Crippen LogP contribution in [0.3, 0.4) is 0 Å². The molecular weight excluding hydrogens is 244 g/mol. The molecule has 0 unspecified atom stereocenters. The number of carboxylic acids is 2. The van der Waals surface area contributed by atoms with Crippen LogP contribution in [0.4, 0.5) is 0 Å². The van der Waals surface area contributed by atoms with Crippen molar-refractivity contribution in [3.63, 3.8) is 0 Å². The van der Waals surface area contributed by atoms with Gasteiger partial charge in [0.25, 0.3) is 0 Å². The van der Waals surface area contributed by atoms with Gasteiger partial charge >= 0.3 is 11.9 Å². The molecule has 2 N–H and O–H groups in total. The highest BCUT2D eigenvalue weighted by Gasteiger charge is 2.16. The Morgan fingerprint density at radius 1 is 1.18 bits per heavy atom. The van der Waals surface area contributed by atoms with E-state index in [1.807, 2.05) is 0 Å². The molecule has 0 aliphatic heterocycles. The zero-order valence-electron chi connectivity index (χ0n) is 9.36. The van der Waals surface area contributed by atoms with E-state index < -0.39 is 11.9 Å². The van der Waals surface area contributed by atoms with Crippen molar-refractivity contribution >= 4 is 23.5 Å². The maximum Gasteiger partial charge on any atom is 0.335 e. The number of aromatic carboxylic acids is 2. The predicted molar refractivity (Wildman–Crippen MR) is 64.1 cm³/mol. The van der Waals surface area contributed by atoms with E-state index in [2.05, 4.69) is 0 Å². The standard InChI is InChI=1S/C12H13ClO4/c1-7-5-8(3-2-4-13)10(12(16)17)6-9(7)11(14)15/h5-6H,2-4H2,1H3,(H,14,15)(H,16,17). The fourth-order valence-corrected chi connectivity index (χ4v) is 1.79. The summed E-state index contributed by atoms with van der Waals surface area (Å²) < 4.78 is 0. The van der Waals surface area contributed by atoms with Gasteiger partial charge in [-0.15, -0.1) is 11.6 Å². The van der Waals surface area contributed by atoms with Gasteiger partial charge in [-0.2, -0.15) is 0 Å². The highest BCUT2D eigenvalue weighted by Crippen LogP contribution is 2.19. The van der Waals surface area contributed by atoms with Crippen LogP contribution in [0.25, 0.3) is 0 Å². The fourth-order valence-electron chi connectivity index (χ4n) is 1.66. The molecule has 4 nitrogen and oxygen atoms in total. The van der Waals surface area contributed by atoms with E-state index in [0.717, 1.165) is 0 Å². The number of hydrogen-bond acceptors (Lipinski definition) is 2. The predicted octanol–water partition coefficient (Wildman–Crippen LogP) is 2.56. The normalized spacial score (nSPS) is 10.2. The van der Waals surface area contributed by atoms with Crippen LogP contribution in [0.1, 0.15) is 38.3 Å². The Morgan fingerprint density at radius 3 is 2.24 bits per heavy atom. The summed E-state index contributed by atoms with van der Waals surface area (Å²) in [7, 11) is 0. The smallest absolute Gasteiger partial charge is 0.335 e. The summed E-state index contributed by atoms with van der Waals surface area (Å²) in [5.41, 5.74) is 1.25. The lowest BCUT2D eigenvalue weighted by Crippen LogP contribution is -2.08. The molecule has 0 fully saturated rings. The zero-order chi connectivity index (χ0) is 13.0. The summed E-state index contributed by atoms with van der Waals surface area (Å²) in [5.74, 6) is -1.79. The van der Waals surface area contributed by atoms with Crippen molar-refractivity contribution in [1.29, 1.82) is 0 Å². The molecule has 0 atom stereocenters. The van der Waals surface area contributed by atoms with Gasteiger partial charge in [-0.1, -0.05) is 6.07 Å². The average Bonchev–Trinajstić information content (AvgIpc) is 2.25. The van der Waals surface area contributed by atoms with Gasteiger partial charge in [-0.05, 0) is 37.0 Å². The van der Waals surface area contributed by atoms with Crippen LogP contribution in [-0.2, 0) is 6.42 Å². The number of benzene rings is 1. The number of halogens is 1. The Bertz CT molecular complexity index is 454. The number of carboxylic acid groups (broad SMARTS) is 2. The van der Waals surface area contributed by atoms with E-state index in [1.165, 1.54) is 6.07 Å². The SMILES string of the molecule is Cc1cc(CCCCl)c(C(=O)O)cc1C(=O)O. The summed E-state index contributed by atoms with van der Waals surface area (Å²) in [5, 5.41) is 18.0. The van der Waals surface area contributed by atoms with Crippen LogP contribution in [0.15, 0.2) is 12.1 Å². The summed E-state index contributed by atoms with van der Waals surface area (Å²) in [6, 6.07) is 2.82.